The summed E-state index contributed by atoms with van der Waals surface area (Å²) in [6.45, 7) is 0.246. The second kappa shape index (κ2) is 10.8. The van der Waals surface area contributed by atoms with Crippen molar-refractivity contribution in [1.82, 2.24) is 5.32 Å². The molecule has 0 heterocycles. The second-order valence-corrected chi connectivity index (χ2v) is 5.57. The van der Waals surface area contributed by atoms with Gasteiger partial charge < -0.3 is 20.5 Å². The summed E-state index contributed by atoms with van der Waals surface area (Å²) in [7, 11) is 1.30. The van der Waals surface area contributed by atoms with Crippen LogP contribution in [0.2, 0.25) is 0 Å². The van der Waals surface area contributed by atoms with E-state index in [9.17, 15) is 9.59 Å². The van der Waals surface area contributed by atoms with E-state index in [0.29, 0.717) is 17.9 Å². The zero-order valence-electron chi connectivity index (χ0n) is 14.9. The molecule has 0 radical (unpaired) electrons. The number of amides is 1. The van der Waals surface area contributed by atoms with Gasteiger partial charge >= 0.3 is 5.97 Å². The lowest BCUT2D eigenvalue weighted by Crippen LogP contribution is -2.24. The van der Waals surface area contributed by atoms with Gasteiger partial charge in [-0.25, -0.2) is 4.79 Å². The largest absolute Gasteiger partial charge is 0.482 e. The lowest BCUT2D eigenvalue weighted by Gasteiger charge is -2.08. The molecule has 0 aromatic heterocycles. The number of ether oxygens (including phenoxy) is 2. The number of nitrogens with one attached hydrogen (secondary N) is 2. The molecule has 1 amide bonds. The van der Waals surface area contributed by atoms with Gasteiger partial charge in [0.15, 0.2) is 6.61 Å². The number of hydrogen-bond acceptors (Lipinski definition) is 5. The molecule has 2 aromatic rings. The van der Waals surface area contributed by atoms with Crippen LogP contribution in [0.15, 0.2) is 48.5 Å². The fraction of sp³-hybridized carbons (Fsp3) is 0.211. The molecule has 8 heteroatoms. The smallest absolute Gasteiger partial charge is 0.343 e. The number of nitrogen functional groups attached to an aromatic ring is 1. The van der Waals surface area contributed by atoms with E-state index in [1.165, 1.54) is 7.11 Å². The topological polar surface area (TPSA) is 114 Å². The van der Waals surface area contributed by atoms with Crippen molar-refractivity contribution < 1.29 is 19.1 Å². The van der Waals surface area contributed by atoms with Gasteiger partial charge in [0.1, 0.15) is 11.6 Å². The Hall–Kier alpha value is -3.06. The maximum absolute atomic E-state index is 12.0. The Kier molecular flexibility index (Phi) is 8.81. The van der Waals surface area contributed by atoms with Crippen LogP contribution in [-0.4, -0.2) is 31.4 Å². The Labute approximate surface area is 163 Å². The molecule has 0 unspecified atom stereocenters. The Morgan fingerprint density at radius 1 is 1.04 bits per heavy atom. The van der Waals surface area contributed by atoms with Gasteiger partial charge in [0.25, 0.3) is 0 Å². The minimum atomic E-state index is -0.454. The zero-order chi connectivity index (χ0) is 18.9. The highest BCUT2D eigenvalue weighted by Crippen LogP contribution is 2.13. The lowest BCUT2D eigenvalue weighted by atomic mass is 10.1. The molecule has 0 bridgehead atoms. The Morgan fingerprint density at radius 2 is 1.63 bits per heavy atom. The fourth-order valence-electron chi connectivity index (χ4n) is 2.16. The Morgan fingerprint density at radius 3 is 2.19 bits per heavy atom. The number of carbonyl (C=O) groups excluding carboxylic acids is 2. The fourth-order valence-corrected chi connectivity index (χ4v) is 2.16. The molecule has 0 saturated carbocycles. The summed E-state index contributed by atoms with van der Waals surface area (Å²) in [4.78, 5) is 23.1. The quantitative estimate of drug-likeness (QED) is 0.360. The molecule has 0 aliphatic heterocycles. The first-order valence-electron chi connectivity index (χ1n) is 7.96. The highest BCUT2D eigenvalue weighted by Gasteiger charge is 2.06. The van der Waals surface area contributed by atoms with Crippen molar-refractivity contribution in [3.63, 3.8) is 0 Å². The first kappa shape index (κ1) is 22.0. The van der Waals surface area contributed by atoms with Gasteiger partial charge in [-0.1, -0.05) is 36.4 Å². The molecule has 2 rings (SSSR count). The molecule has 144 valence electrons. The van der Waals surface area contributed by atoms with Crippen LogP contribution in [0.3, 0.4) is 0 Å². The van der Waals surface area contributed by atoms with Crippen LogP contribution in [-0.2, 0) is 27.3 Å². The molecule has 27 heavy (non-hydrogen) atoms. The minimum Gasteiger partial charge on any atom is -0.482 e. The standard InChI is InChI=1S/C19H21N3O4.ClH/c1-25-18(24)12-26-16-8-4-13(5-9-16)10-17(23)22-11-14-2-6-15(7-3-14)19(20)21;/h2-9H,10-12H2,1H3,(H3,20,21)(H,22,23);1H. The summed E-state index contributed by atoms with van der Waals surface area (Å²) in [5.41, 5.74) is 7.81. The third-order valence-electron chi connectivity index (χ3n) is 3.63. The third-order valence-corrected chi connectivity index (χ3v) is 3.63. The van der Waals surface area contributed by atoms with E-state index in [4.69, 9.17) is 15.9 Å². The van der Waals surface area contributed by atoms with Gasteiger partial charge in [0, 0.05) is 12.1 Å². The number of nitrogens with two attached hydrogens (primary N) is 1. The van der Waals surface area contributed by atoms with Crippen LogP contribution in [0.5, 0.6) is 5.75 Å². The van der Waals surface area contributed by atoms with Crippen LogP contribution in [0.25, 0.3) is 0 Å². The molecular formula is C19H22ClN3O4. The molecule has 0 saturated heterocycles. The van der Waals surface area contributed by atoms with Crippen molar-refractivity contribution >= 4 is 30.1 Å². The van der Waals surface area contributed by atoms with Crippen molar-refractivity contribution in [2.75, 3.05) is 13.7 Å². The predicted octanol–water partition coefficient (Wildman–Crippen LogP) is 1.80. The molecule has 0 spiro atoms. The SMILES string of the molecule is COC(=O)COc1ccc(CC(=O)NCc2ccc(C(=N)N)cc2)cc1.Cl. The van der Waals surface area contributed by atoms with Gasteiger partial charge in [-0.2, -0.15) is 0 Å². The van der Waals surface area contributed by atoms with E-state index in [0.717, 1.165) is 11.1 Å². The van der Waals surface area contributed by atoms with Gasteiger partial charge in [0.05, 0.1) is 13.5 Å². The van der Waals surface area contributed by atoms with Crippen LogP contribution in [0.4, 0.5) is 0 Å². The summed E-state index contributed by atoms with van der Waals surface area (Å²) in [5.74, 6) is -0.0154. The molecule has 7 nitrogen and oxygen atoms in total. The van der Waals surface area contributed by atoms with Crippen molar-refractivity contribution in [1.29, 1.82) is 5.41 Å². The zero-order valence-corrected chi connectivity index (χ0v) is 15.7. The summed E-state index contributed by atoms with van der Waals surface area (Å²) < 4.78 is 9.75. The highest BCUT2D eigenvalue weighted by molar-refractivity contribution is 5.94. The Balaban J connectivity index is 0.00000364. The normalized spacial score (nSPS) is 9.67. The molecule has 0 aliphatic carbocycles. The van der Waals surface area contributed by atoms with E-state index < -0.39 is 5.97 Å². The summed E-state index contributed by atoms with van der Waals surface area (Å²) >= 11 is 0. The number of benzene rings is 2. The first-order chi connectivity index (χ1) is 12.5. The van der Waals surface area contributed by atoms with Crippen LogP contribution in [0.1, 0.15) is 16.7 Å². The van der Waals surface area contributed by atoms with Crippen LogP contribution >= 0.6 is 12.4 Å². The van der Waals surface area contributed by atoms with E-state index >= 15 is 0 Å². The number of halogens is 1. The second-order valence-electron chi connectivity index (χ2n) is 5.57. The molecule has 2 aromatic carbocycles. The van der Waals surface area contributed by atoms with Crippen molar-refractivity contribution in [3.05, 3.63) is 65.2 Å². The van der Waals surface area contributed by atoms with Gasteiger partial charge in [0.2, 0.25) is 5.91 Å². The lowest BCUT2D eigenvalue weighted by molar-refractivity contribution is -0.142. The molecule has 0 fully saturated rings. The van der Waals surface area contributed by atoms with E-state index in [1.54, 1.807) is 36.4 Å². The molecule has 0 aliphatic rings. The maximum atomic E-state index is 12.0. The monoisotopic (exact) mass is 391 g/mol. The molecule has 0 atom stereocenters. The number of esters is 1. The average molecular weight is 392 g/mol. The summed E-state index contributed by atoms with van der Waals surface area (Å²) in [6.07, 6.45) is 0.239. The summed E-state index contributed by atoms with van der Waals surface area (Å²) in [5, 5.41) is 10.2. The number of amidine groups is 1. The maximum Gasteiger partial charge on any atom is 0.343 e. The van der Waals surface area contributed by atoms with E-state index in [-0.39, 0.29) is 37.2 Å². The van der Waals surface area contributed by atoms with Gasteiger partial charge in [-0.3, -0.25) is 10.2 Å². The predicted molar refractivity (Wildman–Crippen MR) is 104 cm³/mol. The van der Waals surface area contributed by atoms with Crippen molar-refractivity contribution in [3.8, 4) is 5.75 Å². The molecular weight excluding hydrogens is 370 g/mol. The van der Waals surface area contributed by atoms with Crippen LogP contribution in [0, 0.1) is 5.41 Å². The Bertz CT molecular complexity index is 777. The number of rotatable bonds is 8. The van der Waals surface area contributed by atoms with E-state index in [2.05, 4.69) is 10.1 Å². The molecule has 4 N–H and O–H groups in total. The average Bonchev–Trinajstić information content (AvgIpc) is 2.65. The number of methoxy groups -OCH3 is 1. The summed E-state index contributed by atoms with van der Waals surface area (Å²) in [6, 6.07) is 14.1. The third kappa shape index (κ3) is 7.37. The number of carbonyl (C=O) groups is 2. The van der Waals surface area contributed by atoms with Crippen molar-refractivity contribution in [2.24, 2.45) is 5.73 Å². The number of hydrogen-bond donors (Lipinski definition) is 3. The van der Waals surface area contributed by atoms with Gasteiger partial charge in [-0.05, 0) is 23.3 Å². The minimum absolute atomic E-state index is 0. The van der Waals surface area contributed by atoms with Crippen LogP contribution < -0.4 is 15.8 Å². The highest BCUT2D eigenvalue weighted by atomic mass is 35.5. The van der Waals surface area contributed by atoms with Gasteiger partial charge in [-0.15, -0.1) is 12.4 Å². The van der Waals surface area contributed by atoms with Crippen molar-refractivity contribution in [2.45, 2.75) is 13.0 Å². The first-order valence-corrected chi connectivity index (χ1v) is 7.96. The van der Waals surface area contributed by atoms with E-state index in [1.807, 2.05) is 12.1 Å².